The molecule has 1 heterocycles. The maximum atomic E-state index is 12.0. The van der Waals surface area contributed by atoms with Gasteiger partial charge in [0.1, 0.15) is 0 Å². The average molecular weight is 302 g/mol. The van der Waals surface area contributed by atoms with E-state index in [-0.39, 0.29) is 5.91 Å². The Balaban J connectivity index is 1.92. The van der Waals surface area contributed by atoms with Crippen molar-refractivity contribution in [3.05, 3.63) is 28.2 Å². The Bertz CT molecular complexity index is 467. The van der Waals surface area contributed by atoms with E-state index < -0.39 is 0 Å². The van der Waals surface area contributed by atoms with E-state index in [4.69, 9.17) is 23.2 Å². The summed E-state index contributed by atoms with van der Waals surface area (Å²) in [6, 6.07) is 5.43. The SMILES string of the molecule is CC1CN(CC(=O)Nc2cc(Cl)ccc2Cl)CCN1. The number of piperazine rings is 1. The van der Waals surface area contributed by atoms with Crippen LogP contribution < -0.4 is 10.6 Å². The fourth-order valence-corrected chi connectivity index (χ4v) is 2.48. The van der Waals surface area contributed by atoms with Crippen molar-refractivity contribution in [2.45, 2.75) is 13.0 Å². The van der Waals surface area contributed by atoms with Gasteiger partial charge in [0.2, 0.25) is 5.91 Å². The van der Waals surface area contributed by atoms with Crippen LogP contribution in [0.4, 0.5) is 5.69 Å². The Morgan fingerprint density at radius 1 is 1.53 bits per heavy atom. The van der Waals surface area contributed by atoms with Gasteiger partial charge in [-0.25, -0.2) is 0 Å². The van der Waals surface area contributed by atoms with E-state index in [1.807, 2.05) is 0 Å². The molecular weight excluding hydrogens is 285 g/mol. The minimum absolute atomic E-state index is 0.0710. The Kier molecular flexibility index (Phi) is 5.05. The summed E-state index contributed by atoms with van der Waals surface area (Å²) < 4.78 is 0. The molecule has 1 fully saturated rings. The van der Waals surface area contributed by atoms with E-state index in [1.54, 1.807) is 18.2 Å². The van der Waals surface area contributed by atoms with Crippen molar-refractivity contribution in [1.82, 2.24) is 10.2 Å². The largest absolute Gasteiger partial charge is 0.324 e. The molecule has 0 aliphatic carbocycles. The molecule has 2 N–H and O–H groups in total. The van der Waals surface area contributed by atoms with Crippen LogP contribution in [0.5, 0.6) is 0 Å². The van der Waals surface area contributed by atoms with E-state index in [0.29, 0.717) is 28.3 Å². The summed E-state index contributed by atoms with van der Waals surface area (Å²) in [7, 11) is 0. The highest BCUT2D eigenvalue weighted by atomic mass is 35.5. The van der Waals surface area contributed by atoms with Crippen molar-refractivity contribution >= 4 is 34.8 Å². The monoisotopic (exact) mass is 301 g/mol. The van der Waals surface area contributed by atoms with Gasteiger partial charge in [0.25, 0.3) is 0 Å². The third kappa shape index (κ3) is 4.35. The second-order valence-electron chi connectivity index (χ2n) is 4.76. The highest BCUT2D eigenvalue weighted by Crippen LogP contribution is 2.25. The topological polar surface area (TPSA) is 44.4 Å². The molecule has 0 saturated carbocycles. The molecule has 0 spiro atoms. The van der Waals surface area contributed by atoms with Gasteiger partial charge in [0, 0.05) is 30.7 Å². The van der Waals surface area contributed by atoms with Crippen molar-refractivity contribution in [3.8, 4) is 0 Å². The molecule has 1 aromatic carbocycles. The summed E-state index contributed by atoms with van der Waals surface area (Å²) in [5, 5.41) is 7.18. The second-order valence-corrected chi connectivity index (χ2v) is 5.61. The fourth-order valence-electron chi connectivity index (χ4n) is 2.14. The number of halogens is 2. The van der Waals surface area contributed by atoms with Gasteiger partial charge in [-0.3, -0.25) is 9.69 Å². The van der Waals surface area contributed by atoms with Crippen molar-refractivity contribution in [2.24, 2.45) is 0 Å². The molecule has 1 saturated heterocycles. The predicted molar refractivity (Wildman–Crippen MR) is 79.0 cm³/mol. The predicted octanol–water partition coefficient (Wildman–Crippen LogP) is 2.23. The lowest BCUT2D eigenvalue weighted by Gasteiger charge is -2.31. The van der Waals surface area contributed by atoms with Crippen molar-refractivity contribution < 1.29 is 4.79 Å². The van der Waals surface area contributed by atoms with E-state index >= 15 is 0 Å². The van der Waals surface area contributed by atoms with Gasteiger partial charge in [0.05, 0.1) is 17.3 Å². The highest BCUT2D eigenvalue weighted by molar-refractivity contribution is 6.35. The zero-order valence-electron chi connectivity index (χ0n) is 10.7. The number of anilines is 1. The zero-order chi connectivity index (χ0) is 13.8. The van der Waals surface area contributed by atoms with Crippen LogP contribution in [0, 0.1) is 0 Å². The van der Waals surface area contributed by atoms with Gasteiger partial charge in [-0.15, -0.1) is 0 Å². The van der Waals surface area contributed by atoms with Crippen LogP contribution in [0.3, 0.4) is 0 Å². The number of carbonyl (C=O) groups excluding carboxylic acids is 1. The molecular formula is C13H17Cl2N3O. The number of benzene rings is 1. The number of nitrogens with zero attached hydrogens (tertiary/aromatic N) is 1. The molecule has 104 valence electrons. The maximum absolute atomic E-state index is 12.0. The van der Waals surface area contributed by atoms with Gasteiger partial charge in [-0.05, 0) is 25.1 Å². The third-order valence-electron chi connectivity index (χ3n) is 3.02. The van der Waals surface area contributed by atoms with Crippen molar-refractivity contribution in [3.63, 3.8) is 0 Å². The van der Waals surface area contributed by atoms with E-state index in [2.05, 4.69) is 22.5 Å². The van der Waals surface area contributed by atoms with E-state index in [9.17, 15) is 4.79 Å². The molecule has 1 atom stereocenters. The molecule has 6 heteroatoms. The Labute approximate surface area is 123 Å². The minimum atomic E-state index is -0.0710. The molecule has 2 rings (SSSR count). The van der Waals surface area contributed by atoms with Crippen molar-refractivity contribution in [1.29, 1.82) is 0 Å². The van der Waals surface area contributed by atoms with Gasteiger partial charge < -0.3 is 10.6 Å². The molecule has 0 bridgehead atoms. The number of amides is 1. The molecule has 1 unspecified atom stereocenters. The standard InChI is InChI=1S/C13H17Cl2N3O/c1-9-7-18(5-4-16-9)8-13(19)17-12-6-10(14)2-3-11(12)15/h2-3,6,9,16H,4-5,7-8H2,1H3,(H,17,19). The molecule has 19 heavy (non-hydrogen) atoms. The summed E-state index contributed by atoms with van der Waals surface area (Å²) in [5.41, 5.74) is 0.558. The number of hydrogen-bond donors (Lipinski definition) is 2. The first-order valence-electron chi connectivity index (χ1n) is 6.25. The first-order valence-corrected chi connectivity index (χ1v) is 7.01. The minimum Gasteiger partial charge on any atom is -0.324 e. The quantitative estimate of drug-likeness (QED) is 0.900. The summed E-state index contributed by atoms with van der Waals surface area (Å²) in [6.45, 7) is 5.14. The van der Waals surface area contributed by atoms with E-state index in [0.717, 1.165) is 19.6 Å². The molecule has 0 radical (unpaired) electrons. The maximum Gasteiger partial charge on any atom is 0.238 e. The summed E-state index contributed by atoms with van der Waals surface area (Å²) >= 11 is 11.9. The van der Waals surface area contributed by atoms with Crippen LogP contribution in [0.15, 0.2) is 18.2 Å². The van der Waals surface area contributed by atoms with Crippen molar-refractivity contribution in [2.75, 3.05) is 31.5 Å². The number of hydrogen-bond acceptors (Lipinski definition) is 3. The van der Waals surface area contributed by atoms with Crippen LogP contribution in [-0.2, 0) is 4.79 Å². The van der Waals surface area contributed by atoms with Crippen LogP contribution in [0.25, 0.3) is 0 Å². The highest BCUT2D eigenvalue weighted by Gasteiger charge is 2.18. The van der Waals surface area contributed by atoms with Gasteiger partial charge in [0.15, 0.2) is 0 Å². The van der Waals surface area contributed by atoms with Crippen LogP contribution in [0.2, 0.25) is 10.0 Å². The summed E-state index contributed by atoms with van der Waals surface area (Å²) in [5.74, 6) is -0.0710. The summed E-state index contributed by atoms with van der Waals surface area (Å²) in [6.07, 6.45) is 0. The summed E-state index contributed by atoms with van der Waals surface area (Å²) in [4.78, 5) is 14.1. The molecule has 1 aliphatic rings. The Morgan fingerprint density at radius 3 is 3.05 bits per heavy atom. The van der Waals surface area contributed by atoms with Crippen LogP contribution >= 0.6 is 23.2 Å². The van der Waals surface area contributed by atoms with Crippen LogP contribution in [-0.4, -0.2) is 43.0 Å². The average Bonchev–Trinajstić information content (AvgIpc) is 2.34. The first-order chi connectivity index (χ1) is 9.04. The number of rotatable bonds is 3. The number of carbonyl (C=O) groups is 1. The van der Waals surface area contributed by atoms with Gasteiger partial charge in [-0.1, -0.05) is 23.2 Å². The molecule has 1 aromatic rings. The number of nitrogens with one attached hydrogen (secondary N) is 2. The lowest BCUT2D eigenvalue weighted by atomic mass is 10.2. The lowest BCUT2D eigenvalue weighted by Crippen LogP contribution is -2.51. The Hall–Kier alpha value is -0.810. The Morgan fingerprint density at radius 2 is 2.32 bits per heavy atom. The third-order valence-corrected chi connectivity index (χ3v) is 3.59. The smallest absolute Gasteiger partial charge is 0.238 e. The molecule has 1 aliphatic heterocycles. The normalized spacial score (nSPS) is 20.3. The van der Waals surface area contributed by atoms with Gasteiger partial charge in [-0.2, -0.15) is 0 Å². The lowest BCUT2D eigenvalue weighted by molar-refractivity contribution is -0.117. The van der Waals surface area contributed by atoms with E-state index in [1.165, 1.54) is 0 Å². The molecule has 4 nitrogen and oxygen atoms in total. The molecule has 1 amide bonds. The first kappa shape index (κ1) is 14.6. The molecule has 0 aromatic heterocycles. The zero-order valence-corrected chi connectivity index (χ0v) is 12.3. The van der Waals surface area contributed by atoms with Gasteiger partial charge >= 0.3 is 0 Å². The van der Waals surface area contributed by atoms with Crippen LogP contribution in [0.1, 0.15) is 6.92 Å². The fraction of sp³-hybridized carbons (Fsp3) is 0.462. The second kappa shape index (κ2) is 6.57.